The smallest absolute Gasteiger partial charge is 0.317 e. The van der Waals surface area contributed by atoms with Crippen LogP contribution in [0.4, 0.5) is 0 Å². The highest BCUT2D eigenvalue weighted by molar-refractivity contribution is 5.78. The molecule has 0 amide bonds. The first kappa shape index (κ1) is 9.97. The van der Waals surface area contributed by atoms with E-state index < -0.39 is 0 Å². The van der Waals surface area contributed by atoms with Crippen LogP contribution in [0.15, 0.2) is 0 Å². The molecule has 0 N–H and O–H groups in total. The molecular formula is C11H18O3. The van der Waals surface area contributed by atoms with Gasteiger partial charge in [-0.15, -0.1) is 0 Å². The van der Waals surface area contributed by atoms with Gasteiger partial charge >= 0.3 is 5.97 Å². The molecule has 3 heteroatoms. The van der Waals surface area contributed by atoms with Crippen molar-refractivity contribution in [2.24, 2.45) is 11.3 Å². The number of carbonyl (C=O) groups excluding carboxylic acids is 1. The lowest BCUT2D eigenvalue weighted by atomic mass is 9.72. The standard InChI is InChI=1S/C11H18O3/c1-2-14-10(12)11(7-13-8-11)9-5-3-4-6-9/h9H,2-8H2,1H3. The molecule has 2 rings (SSSR count). The normalized spacial score (nSPS) is 25.8. The van der Waals surface area contributed by atoms with Crippen molar-refractivity contribution in [1.82, 2.24) is 0 Å². The molecule has 1 saturated heterocycles. The van der Waals surface area contributed by atoms with Crippen LogP contribution in [0.1, 0.15) is 32.6 Å². The summed E-state index contributed by atoms with van der Waals surface area (Å²) in [5, 5.41) is 0. The Morgan fingerprint density at radius 3 is 2.50 bits per heavy atom. The van der Waals surface area contributed by atoms with Gasteiger partial charge in [0.25, 0.3) is 0 Å². The molecule has 1 saturated carbocycles. The Kier molecular flexibility index (Phi) is 2.77. The van der Waals surface area contributed by atoms with E-state index in [0.717, 1.165) is 0 Å². The fourth-order valence-corrected chi connectivity index (χ4v) is 2.60. The predicted molar refractivity (Wildman–Crippen MR) is 51.8 cm³/mol. The molecule has 0 spiro atoms. The van der Waals surface area contributed by atoms with Crippen molar-refractivity contribution in [2.45, 2.75) is 32.6 Å². The third kappa shape index (κ3) is 1.44. The van der Waals surface area contributed by atoms with Crippen molar-refractivity contribution in [1.29, 1.82) is 0 Å². The summed E-state index contributed by atoms with van der Waals surface area (Å²) < 4.78 is 10.4. The Labute approximate surface area is 84.8 Å². The summed E-state index contributed by atoms with van der Waals surface area (Å²) in [7, 11) is 0. The average molecular weight is 198 g/mol. The lowest BCUT2D eigenvalue weighted by Crippen LogP contribution is -2.54. The average Bonchev–Trinajstić information content (AvgIpc) is 2.56. The monoisotopic (exact) mass is 198 g/mol. The first-order valence-corrected chi connectivity index (χ1v) is 5.54. The fraction of sp³-hybridized carbons (Fsp3) is 0.909. The van der Waals surface area contributed by atoms with Crippen LogP contribution in [0, 0.1) is 11.3 Å². The minimum Gasteiger partial charge on any atom is -0.465 e. The summed E-state index contributed by atoms with van der Waals surface area (Å²) in [6, 6.07) is 0. The van der Waals surface area contributed by atoms with Gasteiger partial charge in [0.2, 0.25) is 0 Å². The van der Waals surface area contributed by atoms with Crippen molar-refractivity contribution >= 4 is 5.97 Å². The number of hydrogen-bond acceptors (Lipinski definition) is 3. The number of ether oxygens (including phenoxy) is 2. The summed E-state index contributed by atoms with van der Waals surface area (Å²) in [5.41, 5.74) is -0.271. The second-order valence-corrected chi connectivity index (χ2v) is 4.35. The molecule has 14 heavy (non-hydrogen) atoms. The van der Waals surface area contributed by atoms with Gasteiger partial charge in [-0.05, 0) is 25.7 Å². The van der Waals surface area contributed by atoms with E-state index in [2.05, 4.69) is 0 Å². The molecule has 1 heterocycles. The van der Waals surface area contributed by atoms with Crippen molar-refractivity contribution in [2.75, 3.05) is 19.8 Å². The highest BCUT2D eigenvalue weighted by Gasteiger charge is 2.53. The summed E-state index contributed by atoms with van der Waals surface area (Å²) in [6.45, 7) is 3.50. The maximum Gasteiger partial charge on any atom is 0.317 e. The van der Waals surface area contributed by atoms with Crippen LogP contribution in [0.3, 0.4) is 0 Å². The highest BCUT2D eigenvalue weighted by Crippen LogP contribution is 2.45. The molecule has 0 aromatic heterocycles. The first-order valence-electron chi connectivity index (χ1n) is 5.54. The van der Waals surface area contributed by atoms with Crippen LogP contribution in [0.2, 0.25) is 0 Å². The second-order valence-electron chi connectivity index (χ2n) is 4.35. The molecular weight excluding hydrogens is 180 g/mol. The molecule has 1 aliphatic carbocycles. The van der Waals surface area contributed by atoms with E-state index in [9.17, 15) is 4.79 Å². The molecule has 0 unspecified atom stereocenters. The SMILES string of the molecule is CCOC(=O)C1(C2CCCC2)COC1. The van der Waals surface area contributed by atoms with Gasteiger partial charge in [-0.2, -0.15) is 0 Å². The first-order chi connectivity index (χ1) is 6.79. The van der Waals surface area contributed by atoms with Gasteiger partial charge in [-0.1, -0.05) is 12.8 Å². The second kappa shape index (κ2) is 3.89. The van der Waals surface area contributed by atoms with Gasteiger partial charge < -0.3 is 9.47 Å². The topological polar surface area (TPSA) is 35.5 Å². The summed E-state index contributed by atoms with van der Waals surface area (Å²) in [6.07, 6.45) is 4.85. The zero-order valence-corrected chi connectivity index (χ0v) is 8.75. The number of hydrogen-bond donors (Lipinski definition) is 0. The molecule has 0 bridgehead atoms. The molecule has 0 aromatic rings. The van der Waals surface area contributed by atoms with Crippen molar-refractivity contribution in [3.8, 4) is 0 Å². The van der Waals surface area contributed by atoms with Gasteiger partial charge in [0.05, 0.1) is 19.8 Å². The van der Waals surface area contributed by atoms with E-state index in [1.807, 2.05) is 6.92 Å². The van der Waals surface area contributed by atoms with E-state index in [0.29, 0.717) is 25.7 Å². The van der Waals surface area contributed by atoms with Crippen molar-refractivity contribution in [3.63, 3.8) is 0 Å². The zero-order valence-electron chi connectivity index (χ0n) is 8.75. The number of esters is 1. The maximum atomic E-state index is 11.8. The quantitative estimate of drug-likeness (QED) is 0.648. The Morgan fingerprint density at radius 1 is 1.43 bits per heavy atom. The Hall–Kier alpha value is -0.570. The molecule has 3 nitrogen and oxygen atoms in total. The van der Waals surface area contributed by atoms with Crippen molar-refractivity contribution < 1.29 is 14.3 Å². The molecule has 2 fully saturated rings. The van der Waals surface area contributed by atoms with Gasteiger partial charge in [0, 0.05) is 0 Å². The van der Waals surface area contributed by atoms with Gasteiger partial charge in [0.1, 0.15) is 5.41 Å². The van der Waals surface area contributed by atoms with Crippen LogP contribution in [-0.2, 0) is 14.3 Å². The van der Waals surface area contributed by atoms with Crippen LogP contribution < -0.4 is 0 Å². The minimum absolute atomic E-state index is 0.0295. The number of rotatable bonds is 3. The molecule has 0 atom stereocenters. The molecule has 0 radical (unpaired) electrons. The van der Waals surface area contributed by atoms with E-state index in [1.165, 1.54) is 25.7 Å². The van der Waals surface area contributed by atoms with Crippen LogP contribution in [0.25, 0.3) is 0 Å². The van der Waals surface area contributed by atoms with Crippen LogP contribution >= 0.6 is 0 Å². The fourth-order valence-electron chi connectivity index (χ4n) is 2.60. The summed E-state index contributed by atoms with van der Waals surface area (Å²) in [4.78, 5) is 11.8. The lowest BCUT2D eigenvalue weighted by Gasteiger charge is -2.43. The molecule has 1 aliphatic heterocycles. The van der Waals surface area contributed by atoms with Crippen LogP contribution in [-0.4, -0.2) is 25.8 Å². The van der Waals surface area contributed by atoms with E-state index in [1.54, 1.807) is 0 Å². The predicted octanol–water partition coefficient (Wildman–Crippen LogP) is 1.76. The van der Waals surface area contributed by atoms with Crippen molar-refractivity contribution in [3.05, 3.63) is 0 Å². The Bertz CT molecular complexity index is 215. The third-order valence-corrected chi connectivity index (χ3v) is 3.54. The molecule has 2 aliphatic rings. The summed E-state index contributed by atoms with van der Waals surface area (Å²) in [5.74, 6) is 0.480. The molecule has 0 aromatic carbocycles. The zero-order chi connectivity index (χ0) is 10.0. The summed E-state index contributed by atoms with van der Waals surface area (Å²) >= 11 is 0. The van der Waals surface area contributed by atoms with Gasteiger partial charge in [-0.3, -0.25) is 4.79 Å². The van der Waals surface area contributed by atoms with Gasteiger partial charge in [0.15, 0.2) is 0 Å². The number of carbonyl (C=O) groups is 1. The maximum absolute atomic E-state index is 11.8. The van der Waals surface area contributed by atoms with Crippen LogP contribution in [0.5, 0.6) is 0 Å². The Morgan fingerprint density at radius 2 is 2.07 bits per heavy atom. The third-order valence-electron chi connectivity index (χ3n) is 3.54. The van der Waals surface area contributed by atoms with E-state index in [-0.39, 0.29) is 11.4 Å². The van der Waals surface area contributed by atoms with Gasteiger partial charge in [-0.25, -0.2) is 0 Å². The lowest BCUT2D eigenvalue weighted by molar-refractivity contribution is -0.197. The van der Waals surface area contributed by atoms with E-state index >= 15 is 0 Å². The minimum atomic E-state index is -0.271. The largest absolute Gasteiger partial charge is 0.465 e. The van der Waals surface area contributed by atoms with E-state index in [4.69, 9.17) is 9.47 Å². The molecule has 80 valence electrons. The highest BCUT2D eigenvalue weighted by atomic mass is 16.6. The Balaban J connectivity index is 2.04.